The van der Waals surface area contributed by atoms with Gasteiger partial charge in [-0.3, -0.25) is 0 Å². The molecule has 0 rings (SSSR count). The molecule has 28 valence electrons. The summed E-state index contributed by atoms with van der Waals surface area (Å²) in [5.74, 6) is 0. The molecule has 0 bridgehead atoms. The van der Waals surface area contributed by atoms with Crippen LogP contribution in [-0.2, 0) is 21.9 Å². The van der Waals surface area contributed by atoms with Gasteiger partial charge in [0.05, 0.1) is 0 Å². The van der Waals surface area contributed by atoms with E-state index in [4.69, 9.17) is 10.7 Å². The van der Waals surface area contributed by atoms with Gasteiger partial charge in [-0.15, -0.1) is 0 Å². The normalized spacial score (nSPS) is 4.33. The predicted molar refractivity (Wildman–Crippen MR) is 14.4 cm³/mol. The SMILES string of the molecule is [Ba+2].[H-].[H-].[O]=[Ti]([O-])[O-].[Sr+2]. The number of hydrogen-bond acceptors (Lipinski definition) is 3. The molecule has 0 aliphatic rings. The van der Waals surface area contributed by atoms with Crippen LogP contribution in [0.3, 0.4) is 0 Å². The maximum atomic E-state index is 8.58. The van der Waals surface area contributed by atoms with Gasteiger partial charge in [0.2, 0.25) is 0 Å². The van der Waals surface area contributed by atoms with Crippen molar-refractivity contribution in [2.75, 3.05) is 0 Å². The molecule has 0 saturated carbocycles. The monoisotopic (exact) mass is 324 g/mol. The Kier molecular flexibility index (Phi) is 30.6. The van der Waals surface area contributed by atoms with E-state index in [1.807, 2.05) is 0 Å². The Morgan fingerprint density at radius 2 is 1.50 bits per heavy atom. The molecule has 0 amide bonds. The minimum absolute atomic E-state index is 0. The van der Waals surface area contributed by atoms with Crippen LogP contribution in [0.2, 0.25) is 0 Å². The minimum Gasteiger partial charge on any atom is 2.00 e. The average Bonchev–Trinajstić information content (AvgIpc) is 0.811. The van der Waals surface area contributed by atoms with E-state index in [0.717, 1.165) is 0 Å². The van der Waals surface area contributed by atoms with Gasteiger partial charge in [-0.25, -0.2) is 0 Å². The third kappa shape index (κ3) is 25.9. The zero-order valence-corrected chi connectivity index (χ0v) is 12.6. The summed E-state index contributed by atoms with van der Waals surface area (Å²) in [7, 11) is 0. The number of rotatable bonds is 0. The van der Waals surface area contributed by atoms with Crippen molar-refractivity contribution in [1.29, 1.82) is 0 Å². The van der Waals surface area contributed by atoms with Crippen LogP contribution in [0.4, 0.5) is 0 Å². The molecule has 0 aliphatic heterocycles. The van der Waals surface area contributed by atoms with Crippen LogP contribution < -0.4 is 7.38 Å². The zero-order valence-electron chi connectivity index (χ0n) is 5.14. The summed E-state index contributed by atoms with van der Waals surface area (Å²) < 4.78 is 25.8. The molecule has 0 unspecified atom stereocenters. The van der Waals surface area contributed by atoms with E-state index in [1.165, 1.54) is 0 Å². The molecular formula is H2BaO3SrTi. The molecule has 0 saturated heterocycles. The first-order valence-corrected chi connectivity index (χ1v) is 2.52. The van der Waals surface area contributed by atoms with Gasteiger partial charge in [-0.05, 0) is 0 Å². The quantitative estimate of drug-likeness (QED) is 0.446. The topological polar surface area (TPSA) is 63.2 Å². The first-order chi connectivity index (χ1) is 1.73. The van der Waals surface area contributed by atoms with Crippen molar-refractivity contribution in [2.45, 2.75) is 0 Å². The molecule has 6 heavy (non-hydrogen) atoms. The third-order valence-corrected chi connectivity index (χ3v) is 0. The summed E-state index contributed by atoms with van der Waals surface area (Å²) >= 11 is -4.08. The van der Waals surface area contributed by atoms with Gasteiger partial charge >= 0.3 is 124 Å². The maximum Gasteiger partial charge on any atom is 2.00 e. The van der Waals surface area contributed by atoms with Crippen LogP contribution in [-0.4, -0.2) is 94.4 Å². The first kappa shape index (κ1) is 16.2. The Bertz CT molecular complexity index is 40.3. The fourth-order valence-electron chi connectivity index (χ4n) is 0. The second-order valence-electron chi connectivity index (χ2n) is 0.250. The molecule has 6 heteroatoms. The van der Waals surface area contributed by atoms with E-state index in [-0.39, 0.29) is 97.2 Å². The Morgan fingerprint density at radius 1 is 1.50 bits per heavy atom. The van der Waals surface area contributed by atoms with Gasteiger partial charge in [0.15, 0.2) is 0 Å². The molecular weight excluding hydrogens is 321 g/mol. The summed E-state index contributed by atoms with van der Waals surface area (Å²) in [6, 6.07) is 0. The Morgan fingerprint density at radius 3 is 1.50 bits per heavy atom. The average molecular weight is 323 g/mol. The molecule has 0 spiro atoms. The molecule has 0 aromatic rings. The molecule has 0 aliphatic carbocycles. The second-order valence-corrected chi connectivity index (χ2v) is 1.03. The van der Waals surface area contributed by atoms with E-state index in [0.29, 0.717) is 0 Å². The van der Waals surface area contributed by atoms with Gasteiger partial charge in [0.25, 0.3) is 0 Å². The van der Waals surface area contributed by atoms with Gasteiger partial charge in [0, 0.05) is 0 Å². The van der Waals surface area contributed by atoms with Crippen molar-refractivity contribution in [3.63, 3.8) is 0 Å². The summed E-state index contributed by atoms with van der Waals surface area (Å²) in [6.45, 7) is 0. The van der Waals surface area contributed by atoms with E-state index < -0.39 is 18.6 Å². The fourth-order valence-corrected chi connectivity index (χ4v) is 0. The Balaban J connectivity index is -0.00000000750. The summed E-state index contributed by atoms with van der Waals surface area (Å²) in [6.07, 6.45) is 0. The third-order valence-electron chi connectivity index (χ3n) is 0. The van der Waals surface area contributed by atoms with Crippen molar-refractivity contribution in [1.82, 2.24) is 0 Å². The van der Waals surface area contributed by atoms with Crippen LogP contribution >= 0.6 is 0 Å². The molecule has 0 N–H and O–H groups in total. The second kappa shape index (κ2) is 11.3. The zero-order chi connectivity index (χ0) is 3.58. The van der Waals surface area contributed by atoms with Gasteiger partial charge in [-0.2, -0.15) is 0 Å². The van der Waals surface area contributed by atoms with Crippen molar-refractivity contribution in [3.05, 3.63) is 0 Å². The summed E-state index contributed by atoms with van der Waals surface area (Å²) in [4.78, 5) is 0. The van der Waals surface area contributed by atoms with Crippen LogP contribution in [0.1, 0.15) is 2.85 Å². The molecule has 0 fully saturated rings. The van der Waals surface area contributed by atoms with Gasteiger partial charge in [0.1, 0.15) is 0 Å². The van der Waals surface area contributed by atoms with Crippen molar-refractivity contribution in [3.8, 4) is 0 Å². The summed E-state index contributed by atoms with van der Waals surface area (Å²) in [5, 5.41) is 0. The van der Waals surface area contributed by atoms with Gasteiger partial charge < -0.3 is 2.85 Å². The van der Waals surface area contributed by atoms with Crippen LogP contribution in [0.5, 0.6) is 0 Å². The molecule has 0 aromatic carbocycles. The fraction of sp³-hybridized carbons (Fsp3) is 0. The van der Waals surface area contributed by atoms with Gasteiger partial charge in [-0.1, -0.05) is 0 Å². The van der Waals surface area contributed by atoms with E-state index in [9.17, 15) is 0 Å². The largest absolute Gasteiger partial charge is 2.00 e. The maximum absolute atomic E-state index is 8.58. The van der Waals surface area contributed by atoms with E-state index in [2.05, 4.69) is 0 Å². The number of hydrogen-bond donors (Lipinski definition) is 0. The first-order valence-electron chi connectivity index (χ1n) is 0.612. The Hall–Kier alpha value is 3.49. The van der Waals surface area contributed by atoms with Crippen LogP contribution in [0.25, 0.3) is 0 Å². The molecule has 0 aromatic heterocycles. The Labute approximate surface area is 123 Å². The molecule has 3 nitrogen and oxygen atoms in total. The van der Waals surface area contributed by atoms with Crippen molar-refractivity contribution >= 4 is 94.4 Å². The van der Waals surface area contributed by atoms with Crippen LogP contribution in [0, 0.1) is 0 Å². The smallest absolute Gasteiger partial charge is 2.00 e. The minimum atomic E-state index is -4.08. The molecule has 0 radical (unpaired) electrons. The van der Waals surface area contributed by atoms with Crippen LogP contribution in [0.15, 0.2) is 0 Å². The predicted octanol–water partition coefficient (Wildman–Crippen LogP) is -3.04. The van der Waals surface area contributed by atoms with Crippen molar-refractivity contribution < 1.29 is 32.2 Å². The summed E-state index contributed by atoms with van der Waals surface area (Å²) in [5.41, 5.74) is 0. The van der Waals surface area contributed by atoms with E-state index >= 15 is 0 Å². The molecule has 0 atom stereocenters. The van der Waals surface area contributed by atoms with Crippen molar-refractivity contribution in [2.24, 2.45) is 0 Å². The van der Waals surface area contributed by atoms with E-state index in [1.54, 1.807) is 0 Å². The molecule has 0 heterocycles. The standard InChI is InChI=1S/Ba.3O.Sr.Ti.2H/q+2;;2*-1;+2;;2*-1.